The van der Waals surface area contributed by atoms with E-state index >= 15 is 0 Å². The van der Waals surface area contributed by atoms with Crippen molar-refractivity contribution in [2.75, 3.05) is 24.7 Å². The molecule has 44 heavy (non-hydrogen) atoms. The number of anilines is 2. The quantitative estimate of drug-likeness (QED) is 0.0454. The molecule has 0 bridgehead atoms. The Hall–Kier alpha value is -5.77. The molecule has 0 amide bonds. The van der Waals surface area contributed by atoms with Crippen molar-refractivity contribution in [3.8, 4) is 63.3 Å². The lowest BCUT2D eigenvalue weighted by molar-refractivity contribution is -0.325. The van der Waals surface area contributed by atoms with Crippen molar-refractivity contribution in [3.63, 3.8) is 0 Å². The maximum absolute atomic E-state index is 13.4. The van der Waals surface area contributed by atoms with Gasteiger partial charge in [0.25, 0.3) is 21.5 Å². The number of nitrogens with two attached hydrogens (primary N) is 1. The first kappa shape index (κ1) is 31.2. The molecule has 0 atom stereocenters. The number of aromatic amines is 1. The predicted octanol–water partition coefficient (Wildman–Crippen LogP) is -0.965. The van der Waals surface area contributed by atoms with Crippen molar-refractivity contribution in [1.29, 1.82) is 0 Å². The molecule has 0 spiro atoms. The molecule has 3 heterocycles. The molecular formula is C23H22N6O14S. The van der Waals surface area contributed by atoms with E-state index in [0.29, 0.717) is 0 Å². The van der Waals surface area contributed by atoms with E-state index in [0.717, 1.165) is 14.2 Å². The van der Waals surface area contributed by atoms with Gasteiger partial charge in [0.2, 0.25) is 28.0 Å². The van der Waals surface area contributed by atoms with Crippen LogP contribution in [0.15, 0.2) is 34.3 Å². The van der Waals surface area contributed by atoms with Gasteiger partial charge in [-0.3, -0.25) is 14.5 Å². The van der Waals surface area contributed by atoms with Crippen LogP contribution in [0.5, 0.6) is 51.9 Å². The van der Waals surface area contributed by atoms with Crippen molar-refractivity contribution in [2.45, 2.75) is 11.0 Å². The third-order valence-corrected chi connectivity index (χ3v) is 7.00. The average Bonchev–Trinajstić information content (AvgIpc) is 2.96. The minimum atomic E-state index is -5.25. The van der Waals surface area contributed by atoms with Gasteiger partial charge in [-0.25, -0.2) is 4.98 Å². The number of phenols is 3. The fraction of sp³-hybridized carbons (Fsp3) is 0.130. The third kappa shape index (κ3) is 5.40. The molecule has 0 fully saturated rings. The summed E-state index contributed by atoms with van der Waals surface area (Å²) in [6.07, 6.45) is 2.70. The van der Waals surface area contributed by atoms with Gasteiger partial charge in [-0.15, -0.1) is 0 Å². The lowest BCUT2D eigenvalue weighted by Gasteiger charge is -2.20. The summed E-state index contributed by atoms with van der Waals surface area (Å²) >= 11 is 0. The van der Waals surface area contributed by atoms with E-state index in [1.807, 2.05) is 4.72 Å². The zero-order valence-electron chi connectivity index (χ0n) is 22.2. The molecule has 0 aliphatic carbocycles. The number of pyridine rings is 2. The largest absolute Gasteiger partial charge is 0.504 e. The molecule has 4 aromatic rings. The zero-order chi connectivity index (χ0) is 32.7. The number of ether oxygens (including phenoxy) is 3. The van der Waals surface area contributed by atoms with Crippen LogP contribution in [0.1, 0.15) is 5.56 Å². The molecule has 4 rings (SSSR count). The van der Waals surface area contributed by atoms with Gasteiger partial charge in [0.1, 0.15) is 5.69 Å². The molecule has 0 aliphatic heterocycles. The molecule has 0 unspecified atom stereocenters. The maximum Gasteiger partial charge on any atom is 0.313 e. The van der Waals surface area contributed by atoms with E-state index in [1.54, 1.807) is 4.98 Å². The summed E-state index contributed by atoms with van der Waals surface area (Å²) < 4.78 is 44.6. The van der Waals surface area contributed by atoms with Crippen LogP contribution in [0.4, 0.5) is 11.5 Å². The molecular weight excluding hydrogens is 616 g/mol. The summed E-state index contributed by atoms with van der Waals surface area (Å²) in [5.41, 5.74) is 2.04. The lowest BCUT2D eigenvalue weighted by atomic mass is 10.2. The Morgan fingerprint density at radius 1 is 0.864 bits per heavy atom. The number of sulfonamides is 1. The monoisotopic (exact) mass is 638 g/mol. The summed E-state index contributed by atoms with van der Waals surface area (Å²) in [6.45, 7) is 0. The number of nitrogens with one attached hydrogen (secondary N) is 2. The van der Waals surface area contributed by atoms with E-state index in [-0.39, 0.29) is 11.4 Å². The van der Waals surface area contributed by atoms with Gasteiger partial charge in [0.15, 0.2) is 40.2 Å². The van der Waals surface area contributed by atoms with Gasteiger partial charge >= 0.3 is 5.97 Å². The van der Waals surface area contributed by atoms with Crippen LogP contribution in [-0.4, -0.2) is 83.4 Å². The van der Waals surface area contributed by atoms with E-state index in [4.69, 9.17) is 19.9 Å². The Bertz CT molecular complexity index is 1930. The topological polar surface area (TPSA) is 333 Å². The number of hydrogen-bond donors (Lipinski definition) is 11. The number of aromatic nitrogens is 4. The number of aromatic hydroxyl groups is 5. The van der Waals surface area contributed by atoms with Crippen molar-refractivity contribution in [1.82, 2.24) is 19.9 Å². The Morgan fingerprint density at radius 3 is 2.07 bits per heavy atom. The molecule has 0 saturated heterocycles. The number of nitrogens with zero attached hydrogens (tertiary/aromatic N) is 3. The van der Waals surface area contributed by atoms with Gasteiger partial charge in [-0.05, 0) is 12.1 Å². The summed E-state index contributed by atoms with van der Waals surface area (Å²) in [4.78, 5) is 26.0. The van der Waals surface area contributed by atoms with Gasteiger partial charge in [0.05, 0.1) is 14.2 Å². The predicted molar refractivity (Wildman–Crippen MR) is 144 cm³/mol. The average molecular weight is 639 g/mol. The van der Waals surface area contributed by atoms with E-state index < -0.39 is 95.5 Å². The van der Waals surface area contributed by atoms with Crippen molar-refractivity contribution in [2.24, 2.45) is 0 Å². The van der Waals surface area contributed by atoms with Crippen LogP contribution in [0.3, 0.4) is 0 Å². The van der Waals surface area contributed by atoms with Gasteiger partial charge in [-0.2, -0.15) is 13.4 Å². The van der Waals surface area contributed by atoms with Crippen LogP contribution in [0.2, 0.25) is 0 Å². The SMILES string of the molecule is COc1nc(-c2ccncc2)nc(NS(=O)(=O)c2[nH]c(=O)c(C(O)(O)O)c(O)c2O)c1Oc1c(O)c(O)c(O)c(N)c1OC. The smallest absolute Gasteiger partial charge is 0.313 e. The lowest BCUT2D eigenvalue weighted by Crippen LogP contribution is -2.33. The van der Waals surface area contributed by atoms with Crippen LogP contribution in [0, 0.1) is 0 Å². The van der Waals surface area contributed by atoms with E-state index in [2.05, 4.69) is 15.0 Å². The van der Waals surface area contributed by atoms with Crippen LogP contribution < -0.4 is 30.2 Å². The van der Waals surface area contributed by atoms with Crippen LogP contribution in [-0.2, 0) is 16.0 Å². The maximum atomic E-state index is 13.4. The minimum Gasteiger partial charge on any atom is -0.504 e. The second-order valence-corrected chi connectivity index (χ2v) is 10.1. The number of hydrogen-bond acceptors (Lipinski definition) is 18. The molecule has 0 radical (unpaired) electrons. The molecule has 1 aromatic carbocycles. The Labute approximate surface area is 244 Å². The van der Waals surface area contributed by atoms with Crippen LogP contribution in [0.25, 0.3) is 11.4 Å². The van der Waals surface area contributed by atoms with Crippen molar-refractivity contribution < 1.29 is 63.5 Å². The number of phenolic OH excluding ortho intramolecular Hbond substituents is 3. The summed E-state index contributed by atoms with van der Waals surface area (Å²) in [7, 11) is -3.12. The summed E-state index contributed by atoms with van der Waals surface area (Å²) in [6, 6.07) is 2.85. The number of H-pyrrole nitrogens is 1. The highest BCUT2D eigenvalue weighted by Crippen LogP contribution is 2.56. The Balaban J connectivity index is 1.98. The highest BCUT2D eigenvalue weighted by atomic mass is 32.2. The molecule has 234 valence electrons. The summed E-state index contributed by atoms with van der Waals surface area (Å²) in [5.74, 6) is -14.3. The van der Waals surface area contributed by atoms with Gasteiger partial charge in [-0.1, -0.05) is 0 Å². The number of methoxy groups -OCH3 is 2. The number of nitrogen functional groups attached to an aromatic ring is 1. The van der Waals surface area contributed by atoms with Gasteiger partial charge in [0, 0.05) is 18.0 Å². The number of rotatable bonds is 9. The standard InChI is InChI=1S/C23H22N6O14S/c1-41-15-9(24)11(31)12(32)13(33)16(15)43-17-19(26-18(27-21(17)42-2)7-3-5-25-6-4-7)29-44(39,40)22-14(34)10(30)8(20(35)28-22)23(36,37)38/h3-6,31-34,36-38H,24H2,1-2H3,(H,26,27,29)(H2,28,30,35). The Kier molecular flexibility index (Phi) is 7.89. The number of aliphatic hydroxyl groups is 3. The third-order valence-electron chi connectivity index (χ3n) is 5.71. The highest BCUT2D eigenvalue weighted by molar-refractivity contribution is 7.92. The molecule has 3 aromatic heterocycles. The molecule has 0 saturated carbocycles. The normalized spacial score (nSPS) is 11.7. The fourth-order valence-electron chi connectivity index (χ4n) is 3.69. The summed E-state index contributed by atoms with van der Waals surface area (Å²) in [5, 5.41) is 77.6. The first-order valence-corrected chi connectivity index (χ1v) is 13.0. The van der Waals surface area contributed by atoms with Crippen molar-refractivity contribution >= 4 is 21.5 Å². The van der Waals surface area contributed by atoms with Gasteiger partial charge < -0.3 is 65.8 Å². The molecule has 0 aliphatic rings. The molecule has 21 heteroatoms. The molecule has 20 nitrogen and oxygen atoms in total. The second-order valence-electron chi connectivity index (χ2n) is 8.49. The minimum absolute atomic E-state index is 0.222. The Morgan fingerprint density at radius 2 is 1.50 bits per heavy atom. The van der Waals surface area contributed by atoms with Crippen LogP contribution >= 0.6 is 0 Å². The first-order chi connectivity index (χ1) is 20.5. The van der Waals surface area contributed by atoms with E-state index in [9.17, 15) is 54.1 Å². The zero-order valence-corrected chi connectivity index (χ0v) is 23.0. The highest BCUT2D eigenvalue weighted by Gasteiger charge is 2.37. The second kappa shape index (κ2) is 11.1. The van der Waals surface area contributed by atoms with Crippen molar-refractivity contribution in [3.05, 3.63) is 40.4 Å². The van der Waals surface area contributed by atoms with E-state index in [1.165, 1.54) is 24.5 Å². The fourth-order valence-corrected chi connectivity index (χ4v) is 4.76. The molecule has 12 N–H and O–H groups in total. The first-order valence-electron chi connectivity index (χ1n) is 11.6. The number of benzene rings is 1.